The number of benzene rings is 1. The number of nitrogens with zero attached hydrogens (tertiary/aromatic N) is 2. The Morgan fingerprint density at radius 1 is 1.24 bits per heavy atom. The molecule has 1 heterocycles. The van der Waals surface area contributed by atoms with Gasteiger partial charge in [0.1, 0.15) is 0 Å². The van der Waals surface area contributed by atoms with Gasteiger partial charge in [0.25, 0.3) is 0 Å². The van der Waals surface area contributed by atoms with Gasteiger partial charge >= 0.3 is 0 Å². The highest BCUT2D eigenvalue weighted by Gasteiger charge is 2.09. The molecule has 0 aliphatic heterocycles. The standard InChI is InChI=1S/C18H27N3/c1-4-15(3)21-12-11-18(20-21)13-17(19)10-9-16-8-6-5-7-14(16)2/h5-8,11-12,15,17H,4,9-10,13,19H2,1-3H3. The summed E-state index contributed by atoms with van der Waals surface area (Å²) < 4.78 is 2.05. The predicted octanol–water partition coefficient (Wildman–Crippen LogP) is 3.67. The van der Waals surface area contributed by atoms with E-state index in [1.165, 1.54) is 11.1 Å². The molecule has 0 amide bonds. The van der Waals surface area contributed by atoms with Gasteiger partial charge in [-0.25, -0.2) is 0 Å². The van der Waals surface area contributed by atoms with E-state index in [0.29, 0.717) is 6.04 Å². The Labute approximate surface area is 128 Å². The average molecular weight is 285 g/mol. The second-order valence-corrected chi connectivity index (χ2v) is 5.97. The monoisotopic (exact) mass is 285 g/mol. The zero-order chi connectivity index (χ0) is 15.2. The quantitative estimate of drug-likeness (QED) is 0.843. The molecule has 3 nitrogen and oxygen atoms in total. The summed E-state index contributed by atoms with van der Waals surface area (Å²) >= 11 is 0. The Morgan fingerprint density at radius 2 is 2.00 bits per heavy atom. The highest BCUT2D eigenvalue weighted by molar-refractivity contribution is 5.25. The highest BCUT2D eigenvalue weighted by Crippen LogP contribution is 2.13. The Balaban J connectivity index is 1.86. The molecule has 0 aliphatic carbocycles. The highest BCUT2D eigenvalue weighted by atomic mass is 15.3. The lowest BCUT2D eigenvalue weighted by Crippen LogP contribution is -2.24. The number of aryl methyl sites for hydroxylation is 2. The van der Waals surface area contributed by atoms with Gasteiger partial charge in [-0.15, -0.1) is 0 Å². The molecule has 21 heavy (non-hydrogen) atoms. The molecule has 3 heteroatoms. The molecule has 0 aliphatic rings. The van der Waals surface area contributed by atoms with Crippen molar-refractivity contribution in [3.63, 3.8) is 0 Å². The van der Waals surface area contributed by atoms with E-state index in [4.69, 9.17) is 5.73 Å². The Hall–Kier alpha value is -1.61. The molecule has 0 fully saturated rings. The molecule has 0 saturated heterocycles. The largest absolute Gasteiger partial charge is 0.327 e. The van der Waals surface area contributed by atoms with Crippen LogP contribution in [0.2, 0.25) is 0 Å². The molecule has 2 N–H and O–H groups in total. The molecule has 0 saturated carbocycles. The van der Waals surface area contributed by atoms with Crippen molar-refractivity contribution < 1.29 is 0 Å². The first-order valence-electron chi connectivity index (χ1n) is 7.94. The van der Waals surface area contributed by atoms with E-state index in [2.05, 4.69) is 62.4 Å². The zero-order valence-electron chi connectivity index (χ0n) is 13.4. The van der Waals surface area contributed by atoms with Crippen molar-refractivity contribution in [1.82, 2.24) is 9.78 Å². The second kappa shape index (κ2) is 7.41. The molecule has 2 aromatic rings. The third-order valence-electron chi connectivity index (χ3n) is 4.22. The number of rotatable bonds is 7. The maximum atomic E-state index is 6.27. The first-order chi connectivity index (χ1) is 10.1. The lowest BCUT2D eigenvalue weighted by atomic mass is 9.99. The SMILES string of the molecule is CCC(C)n1ccc(CC(N)CCc2ccccc2C)n1. The van der Waals surface area contributed by atoms with Crippen molar-refractivity contribution in [2.75, 3.05) is 0 Å². The molecule has 1 aromatic heterocycles. The van der Waals surface area contributed by atoms with Crippen LogP contribution < -0.4 is 5.73 Å². The first-order valence-corrected chi connectivity index (χ1v) is 7.94. The molecule has 0 spiro atoms. The van der Waals surface area contributed by atoms with E-state index in [1.54, 1.807) is 0 Å². The third-order valence-corrected chi connectivity index (χ3v) is 4.22. The molecular formula is C18H27N3. The van der Waals surface area contributed by atoms with Crippen molar-refractivity contribution in [3.05, 3.63) is 53.3 Å². The van der Waals surface area contributed by atoms with Crippen LogP contribution in [0.3, 0.4) is 0 Å². The van der Waals surface area contributed by atoms with E-state index in [1.807, 2.05) is 4.68 Å². The maximum Gasteiger partial charge on any atom is 0.0640 e. The minimum atomic E-state index is 0.171. The number of aromatic nitrogens is 2. The smallest absolute Gasteiger partial charge is 0.0640 e. The summed E-state index contributed by atoms with van der Waals surface area (Å²) in [6.45, 7) is 6.53. The summed E-state index contributed by atoms with van der Waals surface area (Å²) in [7, 11) is 0. The lowest BCUT2D eigenvalue weighted by Gasteiger charge is -2.12. The van der Waals surface area contributed by atoms with Crippen molar-refractivity contribution in [2.24, 2.45) is 5.73 Å². The first kappa shape index (κ1) is 15.8. The number of hydrogen-bond donors (Lipinski definition) is 1. The van der Waals surface area contributed by atoms with Gasteiger partial charge in [-0.2, -0.15) is 5.10 Å². The van der Waals surface area contributed by atoms with Crippen molar-refractivity contribution in [2.45, 2.75) is 58.5 Å². The fraction of sp³-hybridized carbons (Fsp3) is 0.500. The van der Waals surface area contributed by atoms with E-state index < -0.39 is 0 Å². The van der Waals surface area contributed by atoms with Crippen LogP contribution in [0.4, 0.5) is 0 Å². The van der Waals surface area contributed by atoms with Crippen LogP contribution in [-0.2, 0) is 12.8 Å². The molecular weight excluding hydrogens is 258 g/mol. The molecule has 2 unspecified atom stereocenters. The van der Waals surface area contributed by atoms with E-state index in [9.17, 15) is 0 Å². The van der Waals surface area contributed by atoms with E-state index in [-0.39, 0.29) is 6.04 Å². The van der Waals surface area contributed by atoms with Gasteiger partial charge in [-0.3, -0.25) is 4.68 Å². The van der Waals surface area contributed by atoms with Gasteiger partial charge < -0.3 is 5.73 Å². The summed E-state index contributed by atoms with van der Waals surface area (Å²) in [4.78, 5) is 0. The summed E-state index contributed by atoms with van der Waals surface area (Å²) in [5, 5.41) is 4.63. The van der Waals surface area contributed by atoms with Gasteiger partial charge in [0.15, 0.2) is 0 Å². The predicted molar refractivity (Wildman–Crippen MR) is 88.4 cm³/mol. The van der Waals surface area contributed by atoms with E-state index >= 15 is 0 Å². The Bertz CT molecular complexity index is 559. The summed E-state index contributed by atoms with van der Waals surface area (Å²) in [5.74, 6) is 0. The summed E-state index contributed by atoms with van der Waals surface area (Å²) in [6.07, 6.45) is 6.06. The van der Waals surface area contributed by atoms with Crippen LogP contribution in [-0.4, -0.2) is 15.8 Å². The third kappa shape index (κ3) is 4.43. The van der Waals surface area contributed by atoms with Gasteiger partial charge in [0, 0.05) is 24.7 Å². The lowest BCUT2D eigenvalue weighted by molar-refractivity contribution is 0.470. The normalized spacial score (nSPS) is 14.1. The molecule has 114 valence electrons. The van der Waals surface area contributed by atoms with Gasteiger partial charge in [-0.05, 0) is 50.3 Å². The van der Waals surface area contributed by atoms with Gasteiger partial charge in [0.05, 0.1) is 5.69 Å². The molecule has 0 radical (unpaired) electrons. The second-order valence-electron chi connectivity index (χ2n) is 5.97. The van der Waals surface area contributed by atoms with Crippen LogP contribution in [0, 0.1) is 6.92 Å². The number of hydrogen-bond acceptors (Lipinski definition) is 2. The fourth-order valence-electron chi connectivity index (χ4n) is 2.52. The minimum absolute atomic E-state index is 0.171. The Morgan fingerprint density at radius 3 is 2.71 bits per heavy atom. The van der Waals surface area contributed by atoms with Crippen LogP contribution in [0.5, 0.6) is 0 Å². The Kier molecular flexibility index (Phi) is 5.57. The molecule has 0 bridgehead atoms. The van der Waals surface area contributed by atoms with Crippen molar-refractivity contribution >= 4 is 0 Å². The van der Waals surface area contributed by atoms with Crippen molar-refractivity contribution in [1.29, 1.82) is 0 Å². The molecule has 2 rings (SSSR count). The van der Waals surface area contributed by atoms with E-state index in [0.717, 1.165) is 31.4 Å². The maximum absolute atomic E-state index is 6.27. The summed E-state index contributed by atoms with van der Waals surface area (Å²) in [6, 6.07) is 11.3. The molecule has 1 aromatic carbocycles. The summed E-state index contributed by atoms with van der Waals surface area (Å²) in [5.41, 5.74) is 10.1. The van der Waals surface area contributed by atoms with Crippen LogP contribution in [0.15, 0.2) is 36.5 Å². The number of nitrogens with two attached hydrogens (primary N) is 1. The fourth-order valence-corrected chi connectivity index (χ4v) is 2.52. The van der Waals surface area contributed by atoms with Crippen LogP contribution >= 0.6 is 0 Å². The van der Waals surface area contributed by atoms with Gasteiger partial charge in [-0.1, -0.05) is 31.2 Å². The van der Waals surface area contributed by atoms with Crippen molar-refractivity contribution in [3.8, 4) is 0 Å². The zero-order valence-corrected chi connectivity index (χ0v) is 13.4. The van der Waals surface area contributed by atoms with Gasteiger partial charge in [0.2, 0.25) is 0 Å². The topological polar surface area (TPSA) is 43.8 Å². The minimum Gasteiger partial charge on any atom is -0.327 e. The molecule has 2 atom stereocenters. The average Bonchev–Trinajstić information content (AvgIpc) is 2.94. The van der Waals surface area contributed by atoms with Crippen LogP contribution in [0.25, 0.3) is 0 Å². The van der Waals surface area contributed by atoms with Crippen LogP contribution in [0.1, 0.15) is 49.6 Å².